The fraction of sp³-hybridized carbons (Fsp3) is 0.355. The molecular weight excluding hydrogens is 567 g/mol. The number of halogens is 3. The molecular formula is C31H33Cl3N4O2. The normalized spacial score (nSPS) is 16.8. The molecule has 9 heteroatoms. The Bertz CT molecular complexity index is 1410. The van der Waals surface area contributed by atoms with Crippen molar-refractivity contribution in [3.8, 4) is 0 Å². The van der Waals surface area contributed by atoms with Gasteiger partial charge in [-0.15, -0.1) is 0 Å². The van der Waals surface area contributed by atoms with Crippen molar-refractivity contribution in [1.82, 2.24) is 10.2 Å². The number of likely N-dealkylation sites (tertiary alicyclic amines) is 1. The van der Waals surface area contributed by atoms with Crippen LogP contribution in [-0.2, 0) is 6.42 Å². The van der Waals surface area contributed by atoms with Gasteiger partial charge in [0.05, 0.1) is 11.4 Å². The topological polar surface area (TPSA) is 64.7 Å². The highest BCUT2D eigenvalue weighted by molar-refractivity contribution is 6.35. The largest absolute Gasteiger partial charge is 0.370 e. The zero-order chi connectivity index (χ0) is 28.3. The molecule has 210 valence electrons. The van der Waals surface area contributed by atoms with Gasteiger partial charge in [-0.05, 0) is 98.8 Å². The van der Waals surface area contributed by atoms with Crippen LogP contribution < -0.4 is 15.5 Å². The lowest BCUT2D eigenvalue weighted by Gasteiger charge is -2.41. The summed E-state index contributed by atoms with van der Waals surface area (Å²) in [5.41, 5.74) is 3.74. The Hall–Kier alpha value is -2.77. The lowest BCUT2D eigenvalue weighted by molar-refractivity contribution is 0.0952. The van der Waals surface area contributed by atoms with Gasteiger partial charge in [0.15, 0.2) is 0 Å². The molecule has 0 atom stereocenters. The number of nitrogens with zero attached hydrogens (tertiary/aromatic N) is 2. The Balaban J connectivity index is 1.33. The number of nitrogens with one attached hydrogen (secondary N) is 2. The fourth-order valence-corrected chi connectivity index (χ4v) is 6.50. The zero-order valence-corrected chi connectivity index (χ0v) is 24.8. The highest BCUT2D eigenvalue weighted by Gasteiger charge is 2.39. The number of hydrogen-bond donors (Lipinski definition) is 2. The standard InChI is InChI=1S/C31H33Cl3N4O2/c1-37-14-10-31(20-37)11-15-38(16-12-31)28-8-6-23(18-27(28)36-30(40)22-3-2-4-24(32)17-22)29(39)35-13-9-21-5-7-25(33)19-26(21)34/h2-8,17-19H,9-16,20H2,1H3,(H,35,39)(H,36,40). The summed E-state index contributed by atoms with van der Waals surface area (Å²) in [6.07, 6.45) is 4.02. The van der Waals surface area contributed by atoms with Crippen molar-refractivity contribution >= 4 is 58.0 Å². The van der Waals surface area contributed by atoms with Crippen LogP contribution in [-0.4, -0.2) is 56.5 Å². The Kier molecular flexibility index (Phi) is 8.91. The summed E-state index contributed by atoms with van der Waals surface area (Å²) in [6.45, 7) is 4.51. The third kappa shape index (κ3) is 6.74. The molecule has 0 aromatic heterocycles. The van der Waals surface area contributed by atoms with Crippen molar-refractivity contribution in [1.29, 1.82) is 0 Å². The van der Waals surface area contributed by atoms with Crippen LogP contribution in [0.5, 0.6) is 0 Å². The molecule has 2 aliphatic heterocycles. The number of hydrogen-bond acceptors (Lipinski definition) is 4. The first-order chi connectivity index (χ1) is 19.2. The molecule has 0 saturated carbocycles. The third-order valence-corrected chi connectivity index (χ3v) is 8.90. The quantitative estimate of drug-likeness (QED) is 0.314. The molecule has 2 N–H and O–H groups in total. The maximum atomic E-state index is 13.2. The van der Waals surface area contributed by atoms with Gasteiger partial charge in [0.1, 0.15) is 0 Å². The number of piperidine rings is 1. The van der Waals surface area contributed by atoms with Gasteiger partial charge < -0.3 is 20.4 Å². The maximum absolute atomic E-state index is 13.2. The van der Waals surface area contributed by atoms with Crippen LogP contribution in [0.15, 0.2) is 60.7 Å². The van der Waals surface area contributed by atoms with Crippen molar-refractivity contribution in [2.75, 3.05) is 50.0 Å². The predicted molar refractivity (Wildman–Crippen MR) is 164 cm³/mol. The van der Waals surface area contributed by atoms with Gasteiger partial charge in [-0.1, -0.05) is 46.9 Å². The minimum atomic E-state index is -0.274. The minimum absolute atomic E-state index is 0.221. The third-order valence-electron chi connectivity index (χ3n) is 8.08. The number of amides is 2. The maximum Gasteiger partial charge on any atom is 0.255 e. The summed E-state index contributed by atoms with van der Waals surface area (Å²) in [5, 5.41) is 7.66. The summed E-state index contributed by atoms with van der Waals surface area (Å²) < 4.78 is 0. The predicted octanol–water partition coefficient (Wildman–Crippen LogP) is 6.79. The summed E-state index contributed by atoms with van der Waals surface area (Å²) >= 11 is 18.4. The number of anilines is 2. The van der Waals surface area contributed by atoms with Crippen LogP contribution >= 0.6 is 34.8 Å². The molecule has 0 radical (unpaired) electrons. The summed E-state index contributed by atoms with van der Waals surface area (Å²) in [4.78, 5) is 31.0. The molecule has 2 amide bonds. The van der Waals surface area contributed by atoms with Crippen LogP contribution in [0.2, 0.25) is 15.1 Å². The van der Waals surface area contributed by atoms with E-state index in [4.69, 9.17) is 34.8 Å². The van der Waals surface area contributed by atoms with Gasteiger partial charge in [0.25, 0.3) is 11.8 Å². The zero-order valence-electron chi connectivity index (χ0n) is 22.5. The van der Waals surface area contributed by atoms with Crippen LogP contribution in [0.25, 0.3) is 0 Å². The first kappa shape index (κ1) is 28.7. The molecule has 0 unspecified atom stereocenters. The second kappa shape index (κ2) is 12.4. The summed E-state index contributed by atoms with van der Waals surface area (Å²) in [6, 6.07) is 17.7. The van der Waals surface area contributed by atoms with Gasteiger partial charge in [0.2, 0.25) is 0 Å². The fourth-order valence-electron chi connectivity index (χ4n) is 5.80. The van der Waals surface area contributed by atoms with Crippen LogP contribution in [0.1, 0.15) is 45.5 Å². The van der Waals surface area contributed by atoms with Crippen LogP contribution in [0.4, 0.5) is 11.4 Å². The number of rotatable bonds is 7. The van der Waals surface area contributed by atoms with Gasteiger partial charge in [-0.3, -0.25) is 9.59 Å². The molecule has 5 rings (SSSR count). The first-order valence-electron chi connectivity index (χ1n) is 13.6. The average Bonchev–Trinajstić information content (AvgIpc) is 3.29. The van der Waals surface area contributed by atoms with Gasteiger partial charge in [0, 0.05) is 52.4 Å². The first-order valence-corrected chi connectivity index (χ1v) is 14.7. The Labute approximate surface area is 250 Å². The van der Waals surface area contributed by atoms with E-state index in [0.29, 0.717) is 50.3 Å². The number of carbonyl (C=O) groups is 2. The van der Waals surface area contributed by atoms with E-state index >= 15 is 0 Å². The number of carbonyl (C=O) groups excluding carboxylic acids is 2. The second-order valence-corrected chi connectivity index (χ2v) is 12.2. The Morgan fingerprint density at radius 1 is 0.850 bits per heavy atom. The lowest BCUT2D eigenvalue weighted by atomic mass is 9.77. The van der Waals surface area contributed by atoms with Crippen molar-refractivity contribution < 1.29 is 9.59 Å². The molecule has 2 heterocycles. The molecule has 2 saturated heterocycles. The van der Waals surface area contributed by atoms with Crippen molar-refractivity contribution in [2.45, 2.75) is 25.7 Å². The molecule has 40 heavy (non-hydrogen) atoms. The highest BCUT2D eigenvalue weighted by Crippen LogP contribution is 2.42. The van der Waals surface area contributed by atoms with Gasteiger partial charge >= 0.3 is 0 Å². The lowest BCUT2D eigenvalue weighted by Crippen LogP contribution is -2.41. The Morgan fingerprint density at radius 2 is 1.57 bits per heavy atom. The van der Waals surface area contributed by atoms with Crippen LogP contribution in [0.3, 0.4) is 0 Å². The van der Waals surface area contributed by atoms with Crippen LogP contribution in [0, 0.1) is 5.41 Å². The molecule has 2 aliphatic rings. The molecule has 3 aromatic carbocycles. The smallest absolute Gasteiger partial charge is 0.255 e. The van der Waals surface area contributed by atoms with Gasteiger partial charge in [-0.25, -0.2) is 0 Å². The van der Waals surface area contributed by atoms with E-state index in [2.05, 4.69) is 27.5 Å². The number of benzene rings is 3. The van der Waals surface area contributed by atoms with E-state index in [9.17, 15) is 9.59 Å². The van der Waals surface area contributed by atoms with Gasteiger partial charge in [-0.2, -0.15) is 0 Å². The Morgan fingerprint density at radius 3 is 2.27 bits per heavy atom. The van der Waals surface area contributed by atoms with E-state index < -0.39 is 0 Å². The van der Waals surface area contributed by atoms with Crippen molar-refractivity contribution in [3.05, 3.63) is 92.4 Å². The van der Waals surface area contributed by atoms with E-state index in [0.717, 1.165) is 50.3 Å². The SMILES string of the molecule is CN1CCC2(CCN(c3ccc(C(=O)NCCc4ccc(Cl)cc4Cl)cc3NC(=O)c3cccc(Cl)c3)CC2)C1. The minimum Gasteiger partial charge on any atom is -0.370 e. The van der Waals surface area contributed by atoms with E-state index in [1.165, 1.54) is 6.42 Å². The van der Waals surface area contributed by atoms with E-state index in [1.54, 1.807) is 42.5 Å². The molecule has 3 aromatic rings. The molecule has 2 fully saturated rings. The van der Waals surface area contributed by atoms with Crippen molar-refractivity contribution in [2.24, 2.45) is 5.41 Å². The molecule has 0 aliphatic carbocycles. The van der Waals surface area contributed by atoms with E-state index in [-0.39, 0.29) is 11.8 Å². The highest BCUT2D eigenvalue weighted by atomic mass is 35.5. The average molecular weight is 600 g/mol. The van der Waals surface area contributed by atoms with E-state index in [1.807, 2.05) is 18.2 Å². The monoisotopic (exact) mass is 598 g/mol. The second-order valence-electron chi connectivity index (χ2n) is 10.9. The molecule has 6 nitrogen and oxygen atoms in total. The summed E-state index contributed by atoms with van der Waals surface area (Å²) in [5.74, 6) is -0.494. The summed E-state index contributed by atoms with van der Waals surface area (Å²) in [7, 11) is 2.19. The van der Waals surface area contributed by atoms with Crippen molar-refractivity contribution in [3.63, 3.8) is 0 Å². The molecule has 1 spiro atoms. The molecule has 0 bridgehead atoms.